The second kappa shape index (κ2) is 37.2. The molecule has 1 atom stereocenters. The number of esters is 4. The van der Waals surface area contributed by atoms with Crippen molar-refractivity contribution < 1.29 is 76.3 Å². The zero-order valence-corrected chi connectivity index (χ0v) is 55.5. The number of rotatable bonds is 31. The molecular formula is C64H105N7O17. The van der Waals surface area contributed by atoms with E-state index in [2.05, 4.69) is 5.32 Å². The minimum absolute atomic E-state index is 0.0156. The van der Waals surface area contributed by atoms with Gasteiger partial charge in [-0.2, -0.15) is 0 Å². The fraction of sp³-hybridized carbons (Fsp3) is 0.719. The largest absolute Gasteiger partial charge is 0.459 e. The Morgan fingerprint density at radius 2 is 0.966 bits per heavy atom. The van der Waals surface area contributed by atoms with Crippen LogP contribution in [0.3, 0.4) is 0 Å². The molecule has 1 N–H and O–H groups in total. The molecule has 24 heteroatoms. The molecule has 0 bridgehead atoms. The highest BCUT2D eigenvalue weighted by Crippen LogP contribution is 2.19. The molecular weight excluding hydrogens is 1140 g/mol. The number of nitrogens with zero attached hydrogens (tertiary/aromatic N) is 6. The molecule has 1 fully saturated rings. The van der Waals surface area contributed by atoms with Crippen LogP contribution in [0.1, 0.15) is 146 Å². The fourth-order valence-corrected chi connectivity index (χ4v) is 8.93. The predicted molar refractivity (Wildman–Crippen MR) is 332 cm³/mol. The summed E-state index contributed by atoms with van der Waals surface area (Å²) < 4.78 is 46.5. The summed E-state index contributed by atoms with van der Waals surface area (Å²) in [5.74, 6) is -2.54. The van der Waals surface area contributed by atoms with Gasteiger partial charge >= 0.3 is 30.0 Å². The van der Waals surface area contributed by atoms with E-state index >= 15 is 0 Å². The molecule has 88 heavy (non-hydrogen) atoms. The number of pyridine rings is 1. The zero-order valence-electron chi connectivity index (χ0n) is 55.5. The van der Waals surface area contributed by atoms with Gasteiger partial charge in [-0.15, -0.1) is 4.73 Å². The Morgan fingerprint density at radius 1 is 0.511 bits per heavy atom. The highest BCUT2D eigenvalue weighted by molar-refractivity contribution is 5.92. The summed E-state index contributed by atoms with van der Waals surface area (Å²) in [7, 11) is 0. The molecule has 2 heterocycles. The van der Waals surface area contributed by atoms with Gasteiger partial charge in [0.05, 0.1) is 59.3 Å². The summed E-state index contributed by atoms with van der Waals surface area (Å²) in [6.45, 7) is 30.8. The van der Waals surface area contributed by atoms with Gasteiger partial charge in [-0.25, -0.2) is 4.79 Å². The SMILES string of the molecule is CC(C)(C)OC(=O)CN1CCN(CC(=O)OC(C)(C)C)CCN(C(CCC(=O)CCCN(CCOCCOCCOCCNC(=O)OC(C)(C)C)C(=O)c2cccc(=O)n2OCc2ccccc2)C(=O)OC(C)(C)C)CCN(CC(=O)OC(C)(C)C)CC1. The molecule has 0 aliphatic carbocycles. The lowest BCUT2D eigenvalue weighted by molar-refractivity contribution is -0.163. The number of alkyl carbamates (subject to hydrolysis) is 1. The third-order valence-electron chi connectivity index (χ3n) is 12.7. The Morgan fingerprint density at radius 3 is 1.44 bits per heavy atom. The van der Waals surface area contributed by atoms with Crippen LogP contribution < -0.4 is 15.7 Å². The Bertz CT molecular complexity index is 2480. The van der Waals surface area contributed by atoms with Crippen molar-refractivity contribution in [3.63, 3.8) is 0 Å². The second-order valence-corrected chi connectivity index (χ2v) is 26.7. The molecule has 3 rings (SSSR count). The minimum atomic E-state index is -0.938. The van der Waals surface area contributed by atoms with Crippen molar-refractivity contribution in [1.82, 2.24) is 34.5 Å². The molecule has 1 aromatic heterocycles. The van der Waals surface area contributed by atoms with Crippen LogP contribution in [0.15, 0.2) is 53.3 Å². The summed E-state index contributed by atoms with van der Waals surface area (Å²) >= 11 is 0. The van der Waals surface area contributed by atoms with Crippen LogP contribution in [0.2, 0.25) is 0 Å². The minimum Gasteiger partial charge on any atom is -0.459 e. The van der Waals surface area contributed by atoms with E-state index in [9.17, 15) is 38.4 Å². The topological polar surface area (TPSA) is 253 Å². The van der Waals surface area contributed by atoms with E-state index < -0.39 is 75.5 Å². The molecule has 0 saturated carbocycles. The number of carbonyl (C=O) groups excluding carboxylic acids is 7. The number of ketones is 1. The van der Waals surface area contributed by atoms with E-state index in [0.717, 1.165) is 10.3 Å². The second-order valence-electron chi connectivity index (χ2n) is 26.7. The number of aromatic nitrogens is 1. The fourth-order valence-electron chi connectivity index (χ4n) is 8.93. The van der Waals surface area contributed by atoms with E-state index in [-0.39, 0.29) is 149 Å². The summed E-state index contributed by atoms with van der Waals surface area (Å²) in [6.07, 6.45) is -0.215. The first-order valence-corrected chi connectivity index (χ1v) is 30.7. The summed E-state index contributed by atoms with van der Waals surface area (Å²) in [4.78, 5) is 123. The third-order valence-corrected chi connectivity index (χ3v) is 12.7. The van der Waals surface area contributed by atoms with Crippen LogP contribution in [0, 0.1) is 0 Å². The Hall–Kier alpha value is -6.02. The van der Waals surface area contributed by atoms with E-state index in [0.29, 0.717) is 26.2 Å². The maximum atomic E-state index is 14.5. The molecule has 2 amide bonds. The van der Waals surface area contributed by atoms with Crippen molar-refractivity contribution in [1.29, 1.82) is 0 Å². The molecule has 1 aliphatic rings. The summed E-state index contributed by atoms with van der Waals surface area (Å²) in [5, 5.41) is 2.63. The summed E-state index contributed by atoms with van der Waals surface area (Å²) in [6, 6.07) is 12.6. The monoisotopic (exact) mass is 1240 g/mol. The van der Waals surface area contributed by atoms with Crippen LogP contribution in [0.4, 0.5) is 4.79 Å². The predicted octanol–water partition coefficient (Wildman–Crippen LogP) is 5.58. The van der Waals surface area contributed by atoms with Crippen LogP contribution in [-0.4, -0.2) is 236 Å². The number of nitrogens with one attached hydrogen (secondary N) is 1. The van der Waals surface area contributed by atoms with Gasteiger partial charge in [0.15, 0.2) is 0 Å². The van der Waals surface area contributed by atoms with Gasteiger partial charge < -0.3 is 52.9 Å². The molecule has 1 unspecified atom stereocenters. The molecule has 1 aromatic carbocycles. The molecule has 2 aromatic rings. The Balaban J connectivity index is 1.85. The lowest BCUT2D eigenvalue weighted by Gasteiger charge is -2.37. The first-order valence-electron chi connectivity index (χ1n) is 30.7. The quantitative estimate of drug-likeness (QED) is 0.0549. The van der Waals surface area contributed by atoms with Gasteiger partial charge in [-0.1, -0.05) is 36.4 Å². The van der Waals surface area contributed by atoms with Crippen molar-refractivity contribution >= 4 is 41.7 Å². The van der Waals surface area contributed by atoms with Gasteiger partial charge in [0.1, 0.15) is 52.1 Å². The number of hydrogen-bond donors (Lipinski definition) is 1. The average molecular weight is 1240 g/mol. The van der Waals surface area contributed by atoms with Crippen molar-refractivity contribution in [2.24, 2.45) is 0 Å². The van der Waals surface area contributed by atoms with Crippen molar-refractivity contribution in [2.75, 3.05) is 131 Å². The van der Waals surface area contributed by atoms with Crippen molar-refractivity contribution in [2.45, 2.75) is 170 Å². The number of ether oxygens (including phenoxy) is 8. The van der Waals surface area contributed by atoms with Crippen LogP contribution in [0.25, 0.3) is 0 Å². The Kier molecular flexibility index (Phi) is 32.2. The van der Waals surface area contributed by atoms with E-state index in [1.165, 1.54) is 23.1 Å². The standard InChI is InChI=1S/C64H105N7O17/c1-60(2,3)84-54(74)45-66-30-32-67(46-55(75)85-61(4,5)6)34-36-69(37-35-68(33-31-66)47-56(76)86-62(7,8)9)52(58(78)87-63(10,11)12)27-26-50(72)23-20-29-70(38-40-81-42-44-82-43-41-80-39-28-65-59(79)88-64(13,14)15)57(77)51-24-19-25-53(73)71(51)83-48-49-21-17-16-18-22-49/h16-19,21-22,24-25,52H,20,23,26-48H2,1-15H3,(H,65,79). The molecule has 0 radical (unpaired) electrons. The van der Waals surface area contributed by atoms with Crippen molar-refractivity contribution in [3.05, 3.63) is 70.1 Å². The number of benzene rings is 1. The van der Waals surface area contributed by atoms with E-state index in [1.807, 2.05) is 49.9 Å². The molecule has 498 valence electrons. The van der Waals surface area contributed by atoms with Crippen molar-refractivity contribution in [3.8, 4) is 0 Å². The smallest absolute Gasteiger partial charge is 0.407 e. The van der Waals surface area contributed by atoms with Gasteiger partial charge in [-0.3, -0.25) is 53.2 Å². The van der Waals surface area contributed by atoms with Gasteiger partial charge in [0.2, 0.25) is 0 Å². The molecule has 24 nitrogen and oxygen atoms in total. The molecule has 1 aliphatic heterocycles. The van der Waals surface area contributed by atoms with Crippen LogP contribution in [0.5, 0.6) is 0 Å². The first-order chi connectivity index (χ1) is 41.0. The van der Waals surface area contributed by atoms with Gasteiger partial charge in [-0.05, 0) is 128 Å². The third kappa shape index (κ3) is 34.7. The van der Waals surface area contributed by atoms with Crippen LogP contribution in [-0.2, 0) is 68.5 Å². The normalized spacial score (nSPS) is 15.2. The number of carbonyl (C=O) groups is 7. The number of Topliss-reactive ketones (excluding diaryl/α,β-unsaturated/α-hetero) is 1. The van der Waals surface area contributed by atoms with Crippen LogP contribution >= 0.6 is 0 Å². The van der Waals surface area contributed by atoms with Gasteiger partial charge in [0, 0.05) is 90.9 Å². The summed E-state index contributed by atoms with van der Waals surface area (Å²) in [5.41, 5.74) is -3.49. The number of hydrogen-bond acceptors (Lipinski definition) is 21. The number of amides is 2. The van der Waals surface area contributed by atoms with E-state index in [4.69, 9.17) is 42.7 Å². The lowest BCUT2D eigenvalue weighted by Crippen LogP contribution is -2.53. The van der Waals surface area contributed by atoms with Gasteiger partial charge in [0.25, 0.3) is 11.5 Å². The lowest BCUT2D eigenvalue weighted by atomic mass is 10.0. The highest BCUT2D eigenvalue weighted by atomic mass is 16.7. The van der Waals surface area contributed by atoms with E-state index in [1.54, 1.807) is 104 Å². The maximum Gasteiger partial charge on any atom is 0.407 e. The molecule has 1 saturated heterocycles. The average Bonchev–Trinajstić information content (AvgIpc) is 2.90. The maximum absolute atomic E-state index is 14.5. The Labute approximate surface area is 522 Å². The highest BCUT2D eigenvalue weighted by Gasteiger charge is 2.34. The molecule has 0 spiro atoms. The first kappa shape index (κ1) is 76.2. The zero-order chi connectivity index (χ0) is 65.7.